The number of rotatable bonds is 11. The van der Waals surface area contributed by atoms with Crippen LogP contribution in [0.4, 0.5) is 0 Å². The van der Waals surface area contributed by atoms with Crippen LogP contribution < -0.4 is 5.73 Å². The van der Waals surface area contributed by atoms with E-state index in [1.807, 2.05) is 0 Å². The molecule has 2 nitrogen and oxygen atoms in total. The summed E-state index contributed by atoms with van der Waals surface area (Å²) in [7, 11) is 0. The molecule has 1 unspecified atom stereocenters. The molecule has 0 aliphatic heterocycles. The Hall–Kier alpha value is -0.760. The summed E-state index contributed by atoms with van der Waals surface area (Å²) in [5.74, 6) is 0. The van der Waals surface area contributed by atoms with Crippen LogP contribution in [0.15, 0.2) is 18.3 Å². The van der Waals surface area contributed by atoms with E-state index in [4.69, 9.17) is 5.73 Å². The van der Waals surface area contributed by atoms with Crippen molar-refractivity contribution in [1.29, 1.82) is 0 Å². The van der Waals surface area contributed by atoms with Crippen molar-refractivity contribution in [3.8, 4) is 0 Å². The molecule has 2 heteroatoms. The fourth-order valence-electron chi connectivity index (χ4n) is 2.60. The van der Waals surface area contributed by atoms with E-state index in [0.717, 1.165) is 13.0 Å². The number of unbranched alkanes of at least 4 members (excludes halogenated alkanes) is 7. The van der Waals surface area contributed by atoms with Gasteiger partial charge in [-0.25, -0.2) is 0 Å². The van der Waals surface area contributed by atoms with Crippen LogP contribution in [-0.4, -0.2) is 10.6 Å². The molecule has 1 aromatic rings. The molecule has 2 N–H and O–H groups in total. The summed E-state index contributed by atoms with van der Waals surface area (Å²) >= 11 is 0. The molecular weight excluding hydrogens is 232 g/mol. The van der Waals surface area contributed by atoms with E-state index >= 15 is 0 Å². The largest absolute Gasteiger partial charge is 0.351 e. The number of aromatic nitrogens is 1. The van der Waals surface area contributed by atoms with Gasteiger partial charge in [0.1, 0.15) is 0 Å². The number of hydrogen-bond donors (Lipinski definition) is 1. The van der Waals surface area contributed by atoms with Crippen LogP contribution in [-0.2, 0) is 13.0 Å². The first-order chi connectivity index (χ1) is 9.24. The molecule has 0 saturated carbocycles. The molecular formula is C17H32N2. The highest BCUT2D eigenvalue weighted by Gasteiger charge is 2.03. The maximum atomic E-state index is 5.87. The fraction of sp³-hybridized carbons (Fsp3) is 0.765. The molecule has 110 valence electrons. The molecule has 1 aromatic heterocycles. The summed E-state index contributed by atoms with van der Waals surface area (Å²) < 4.78 is 2.38. The second-order valence-corrected chi connectivity index (χ2v) is 5.85. The van der Waals surface area contributed by atoms with Crippen molar-refractivity contribution in [3.63, 3.8) is 0 Å². The number of hydrogen-bond acceptors (Lipinski definition) is 1. The van der Waals surface area contributed by atoms with Gasteiger partial charge in [0.15, 0.2) is 0 Å². The Kier molecular flexibility index (Phi) is 8.64. The van der Waals surface area contributed by atoms with Gasteiger partial charge in [0.05, 0.1) is 0 Å². The Labute approximate surface area is 119 Å². The molecule has 1 rings (SSSR count). The monoisotopic (exact) mass is 264 g/mol. The van der Waals surface area contributed by atoms with Crippen LogP contribution in [0.3, 0.4) is 0 Å². The lowest BCUT2D eigenvalue weighted by Crippen LogP contribution is -2.19. The van der Waals surface area contributed by atoms with Gasteiger partial charge in [-0.05, 0) is 25.5 Å². The maximum Gasteiger partial charge on any atom is 0.0222 e. The normalized spacial score (nSPS) is 12.8. The lowest BCUT2D eigenvalue weighted by molar-refractivity contribution is 0.533. The summed E-state index contributed by atoms with van der Waals surface area (Å²) in [6, 6.07) is 4.60. The van der Waals surface area contributed by atoms with E-state index in [-0.39, 0.29) is 6.04 Å². The number of nitrogens with zero attached hydrogens (tertiary/aromatic N) is 1. The van der Waals surface area contributed by atoms with Gasteiger partial charge in [-0.1, -0.05) is 51.9 Å². The van der Waals surface area contributed by atoms with E-state index in [1.54, 1.807) is 0 Å². The molecule has 0 bridgehead atoms. The SMILES string of the molecule is CCCCCCCCCCn1cccc1CC(C)N. The van der Waals surface area contributed by atoms with Crippen LogP contribution in [0.2, 0.25) is 0 Å². The van der Waals surface area contributed by atoms with Crippen molar-refractivity contribution in [2.75, 3.05) is 0 Å². The van der Waals surface area contributed by atoms with Gasteiger partial charge in [0.25, 0.3) is 0 Å². The quantitative estimate of drug-likeness (QED) is 0.585. The Morgan fingerprint density at radius 1 is 1.05 bits per heavy atom. The van der Waals surface area contributed by atoms with Crippen molar-refractivity contribution in [3.05, 3.63) is 24.0 Å². The number of aryl methyl sites for hydroxylation is 1. The molecule has 0 saturated heterocycles. The first-order valence-electron chi connectivity index (χ1n) is 8.13. The van der Waals surface area contributed by atoms with Gasteiger partial charge >= 0.3 is 0 Å². The molecule has 19 heavy (non-hydrogen) atoms. The predicted molar refractivity (Wildman–Crippen MR) is 84.4 cm³/mol. The van der Waals surface area contributed by atoms with Crippen LogP contribution in [0.5, 0.6) is 0 Å². The van der Waals surface area contributed by atoms with Crippen LogP contribution >= 0.6 is 0 Å². The minimum atomic E-state index is 0.257. The Bertz CT molecular complexity index is 315. The minimum Gasteiger partial charge on any atom is -0.351 e. The zero-order valence-corrected chi connectivity index (χ0v) is 12.9. The summed E-state index contributed by atoms with van der Waals surface area (Å²) in [6.45, 7) is 5.51. The van der Waals surface area contributed by atoms with E-state index in [9.17, 15) is 0 Å². The number of nitrogens with two attached hydrogens (primary N) is 1. The molecule has 0 aromatic carbocycles. The van der Waals surface area contributed by atoms with Crippen molar-refractivity contribution in [2.45, 2.75) is 84.2 Å². The molecule has 0 aliphatic carbocycles. The van der Waals surface area contributed by atoms with Gasteiger partial charge < -0.3 is 10.3 Å². The van der Waals surface area contributed by atoms with Crippen LogP contribution in [0, 0.1) is 0 Å². The molecule has 1 heterocycles. The van der Waals surface area contributed by atoms with Crippen molar-refractivity contribution >= 4 is 0 Å². The van der Waals surface area contributed by atoms with Crippen molar-refractivity contribution < 1.29 is 0 Å². The molecule has 0 spiro atoms. The highest BCUT2D eigenvalue weighted by atomic mass is 15.0. The second kappa shape index (κ2) is 10.1. The summed E-state index contributed by atoms with van der Waals surface area (Å²) in [5, 5.41) is 0. The maximum absolute atomic E-state index is 5.87. The fourth-order valence-corrected chi connectivity index (χ4v) is 2.60. The third-order valence-corrected chi connectivity index (χ3v) is 3.71. The van der Waals surface area contributed by atoms with Crippen LogP contribution in [0.25, 0.3) is 0 Å². The lowest BCUT2D eigenvalue weighted by Gasteiger charge is -2.11. The molecule has 0 fully saturated rings. The van der Waals surface area contributed by atoms with Gasteiger partial charge in [0, 0.05) is 30.9 Å². The Balaban J connectivity index is 2.07. The molecule has 0 radical (unpaired) electrons. The topological polar surface area (TPSA) is 30.9 Å². The summed E-state index contributed by atoms with van der Waals surface area (Å²) in [4.78, 5) is 0. The zero-order valence-electron chi connectivity index (χ0n) is 12.9. The van der Waals surface area contributed by atoms with Gasteiger partial charge in [-0.2, -0.15) is 0 Å². The highest BCUT2D eigenvalue weighted by Crippen LogP contribution is 2.11. The summed E-state index contributed by atoms with van der Waals surface area (Å²) in [6.07, 6.45) is 14.3. The smallest absolute Gasteiger partial charge is 0.0222 e. The molecule has 0 amide bonds. The molecule has 1 atom stereocenters. The second-order valence-electron chi connectivity index (χ2n) is 5.85. The van der Waals surface area contributed by atoms with Crippen molar-refractivity contribution in [1.82, 2.24) is 4.57 Å². The first kappa shape index (κ1) is 16.3. The van der Waals surface area contributed by atoms with Gasteiger partial charge in [-0.3, -0.25) is 0 Å². The lowest BCUT2D eigenvalue weighted by atomic mass is 10.1. The van der Waals surface area contributed by atoms with E-state index in [2.05, 4.69) is 36.7 Å². The van der Waals surface area contributed by atoms with Gasteiger partial charge in [-0.15, -0.1) is 0 Å². The third-order valence-electron chi connectivity index (χ3n) is 3.71. The Morgan fingerprint density at radius 3 is 2.32 bits per heavy atom. The average Bonchev–Trinajstić information content (AvgIpc) is 2.79. The van der Waals surface area contributed by atoms with E-state index < -0.39 is 0 Å². The molecule has 0 aliphatic rings. The van der Waals surface area contributed by atoms with E-state index in [1.165, 1.54) is 57.1 Å². The Morgan fingerprint density at radius 2 is 1.68 bits per heavy atom. The highest BCUT2D eigenvalue weighted by molar-refractivity contribution is 5.08. The summed E-state index contributed by atoms with van der Waals surface area (Å²) in [5.41, 5.74) is 7.26. The zero-order chi connectivity index (χ0) is 13.9. The van der Waals surface area contributed by atoms with Crippen LogP contribution in [0.1, 0.15) is 70.9 Å². The van der Waals surface area contributed by atoms with E-state index in [0.29, 0.717) is 0 Å². The standard InChI is InChI=1S/C17H32N2/c1-3-4-5-6-7-8-9-10-13-19-14-11-12-17(19)15-16(2)18/h11-12,14,16H,3-10,13,15,18H2,1-2H3. The first-order valence-corrected chi connectivity index (χ1v) is 8.13. The third kappa shape index (κ3) is 7.41. The average molecular weight is 264 g/mol. The predicted octanol–water partition coefficient (Wildman–Crippen LogP) is 4.52. The van der Waals surface area contributed by atoms with Gasteiger partial charge in [0.2, 0.25) is 0 Å². The van der Waals surface area contributed by atoms with Crippen molar-refractivity contribution in [2.24, 2.45) is 5.73 Å². The minimum absolute atomic E-state index is 0.257.